The minimum absolute atomic E-state index is 0.521. The first-order chi connectivity index (χ1) is 28.4. The Balaban J connectivity index is 1.31. The van der Waals surface area contributed by atoms with E-state index >= 15 is 0 Å². The van der Waals surface area contributed by atoms with E-state index < -0.39 is 0 Å². The van der Waals surface area contributed by atoms with Crippen molar-refractivity contribution >= 4 is 49.3 Å². The summed E-state index contributed by atoms with van der Waals surface area (Å²) in [5.41, 5.74) is 14.9. The van der Waals surface area contributed by atoms with Gasteiger partial charge in [0.1, 0.15) is 6.07 Å². The highest BCUT2D eigenvalue weighted by Gasteiger charge is 2.23. The molecule has 0 saturated heterocycles. The third kappa shape index (κ3) is 5.50. The first kappa shape index (κ1) is 34.3. The van der Waals surface area contributed by atoms with Crippen molar-refractivity contribution in [1.82, 2.24) is 14.1 Å². The molecule has 0 unspecified atom stereocenters. The normalized spacial score (nSPS) is 11.2. The minimum atomic E-state index is 0.521. The third-order valence-electron chi connectivity index (χ3n) is 11.1. The summed E-state index contributed by atoms with van der Waals surface area (Å²) in [4.78, 5) is 8.43. The number of nitrogens with zero attached hydrogens (tertiary/aromatic N) is 6. The maximum Gasteiger partial charge on any atom is 0.187 e. The van der Waals surface area contributed by atoms with Gasteiger partial charge in [-0.2, -0.15) is 10.5 Å². The molecular formula is C52H32N6. The van der Waals surface area contributed by atoms with E-state index in [0.29, 0.717) is 16.8 Å². The van der Waals surface area contributed by atoms with E-state index in [1.807, 2.05) is 80.6 Å². The molecule has 58 heavy (non-hydrogen) atoms. The second-order valence-corrected chi connectivity index (χ2v) is 14.7. The van der Waals surface area contributed by atoms with Gasteiger partial charge < -0.3 is 9.13 Å². The molecule has 7 aromatic carbocycles. The van der Waals surface area contributed by atoms with Gasteiger partial charge in [0.05, 0.1) is 57.2 Å². The molecule has 0 atom stereocenters. The van der Waals surface area contributed by atoms with Crippen LogP contribution in [0.3, 0.4) is 0 Å². The van der Waals surface area contributed by atoms with E-state index in [9.17, 15) is 10.5 Å². The lowest BCUT2D eigenvalue weighted by Gasteiger charge is -2.19. The molecule has 0 amide bonds. The second-order valence-electron chi connectivity index (χ2n) is 14.7. The number of para-hydroxylation sites is 2. The van der Waals surface area contributed by atoms with Crippen LogP contribution < -0.4 is 0 Å². The van der Waals surface area contributed by atoms with Crippen molar-refractivity contribution in [2.24, 2.45) is 0 Å². The van der Waals surface area contributed by atoms with Gasteiger partial charge in [-0.25, -0.2) is 4.85 Å². The molecule has 0 spiro atoms. The van der Waals surface area contributed by atoms with E-state index in [1.165, 1.54) is 0 Å². The summed E-state index contributed by atoms with van der Waals surface area (Å²) in [7, 11) is 0. The fourth-order valence-electron chi connectivity index (χ4n) is 8.60. The smallest absolute Gasteiger partial charge is 0.187 e. The van der Waals surface area contributed by atoms with E-state index in [2.05, 4.69) is 117 Å². The van der Waals surface area contributed by atoms with Crippen LogP contribution in [0.4, 0.5) is 5.69 Å². The molecule has 0 bridgehead atoms. The number of benzene rings is 7. The molecule has 0 aliphatic carbocycles. The number of nitriles is 2. The number of fused-ring (bicyclic) bond motifs is 6. The van der Waals surface area contributed by atoms with Crippen LogP contribution in [-0.4, -0.2) is 14.1 Å². The Kier molecular flexibility index (Phi) is 7.98. The average Bonchev–Trinajstić information content (AvgIpc) is 3.77. The van der Waals surface area contributed by atoms with E-state index in [-0.39, 0.29) is 0 Å². The highest BCUT2D eigenvalue weighted by molar-refractivity contribution is 6.12. The van der Waals surface area contributed by atoms with Crippen LogP contribution in [0, 0.1) is 43.1 Å². The summed E-state index contributed by atoms with van der Waals surface area (Å²) < 4.78 is 4.49. The predicted octanol–water partition coefficient (Wildman–Crippen LogP) is 13.2. The van der Waals surface area contributed by atoms with Gasteiger partial charge in [-0.3, -0.25) is 4.98 Å². The molecule has 270 valence electrons. The van der Waals surface area contributed by atoms with Gasteiger partial charge in [0, 0.05) is 38.5 Å². The van der Waals surface area contributed by atoms with Crippen molar-refractivity contribution in [3.8, 4) is 56.9 Å². The number of rotatable bonds is 5. The number of hydrogen-bond donors (Lipinski definition) is 0. The maximum atomic E-state index is 11.2. The fourth-order valence-corrected chi connectivity index (χ4v) is 8.60. The maximum absolute atomic E-state index is 11.2. The molecule has 0 aliphatic heterocycles. The SMILES string of the molecule is [C-]#[N+]c1cccc(-c2ccc3c4ccccc4n(-c4cc(C#N)c(-n5c6ccccc6c6ccc(-c7cccc(C#N)c7)cc65)cc4-c4cc(C)nc(C)c4)c3c2)c1. The summed E-state index contributed by atoms with van der Waals surface area (Å²) in [6.45, 7) is 11.7. The number of hydrogen-bond acceptors (Lipinski definition) is 3. The predicted molar refractivity (Wildman–Crippen MR) is 234 cm³/mol. The summed E-state index contributed by atoms with van der Waals surface area (Å²) in [6.07, 6.45) is 0. The Morgan fingerprint density at radius 1 is 0.483 bits per heavy atom. The third-order valence-corrected chi connectivity index (χ3v) is 11.1. The Labute approximate surface area is 335 Å². The van der Waals surface area contributed by atoms with Crippen LogP contribution >= 0.6 is 0 Å². The zero-order chi connectivity index (χ0) is 39.5. The molecule has 0 radical (unpaired) electrons. The van der Waals surface area contributed by atoms with Gasteiger partial charge in [-0.05, 0) is 108 Å². The first-order valence-electron chi connectivity index (χ1n) is 19.0. The summed E-state index contributed by atoms with van der Waals surface area (Å²) in [6, 6.07) is 58.3. The summed E-state index contributed by atoms with van der Waals surface area (Å²) >= 11 is 0. The van der Waals surface area contributed by atoms with Crippen LogP contribution in [0.1, 0.15) is 22.5 Å². The van der Waals surface area contributed by atoms with Crippen molar-refractivity contribution in [3.63, 3.8) is 0 Å². The molecule has 10 aromatic rings. The van der Waals surface area contributed by atoms with Crippen LogP contribution in [0.25, 0.3) is 93.2 Å². The van der Waals surface area contributed by atoms with Crippen molar-refractivity contribution < 1.29 is 0 Å². The van der Waals surface area contributed by atoms with Crippen molar-refractivity contribution in [1.29, 1.82) is 10.5 Å². The van der Waals surface area contributed by atoms with Crippen LogP contribution in [0.5, 0.6) is 0 Å². The van der Waals surface area contributed by atoms with Crippen molar-refractivity contribution in [3.05, 3.63) is 192 Å². The van der Waals surface area contributed by atoms with Gasteiger partial charge in [0.2, 0.25) is 0 Å². The van der Waals surface area contributed by atoms with Crippen molar-refractivity contribution in [2.45, 2.75) is 13.8 Å². The van der Waals surface area contributed by atoms with E-state index in [4.69, 9.17) is 11.6 Å². The zero-order valence-corrected chi connectivity index (χ0v) is 31.7. The van der Waals surface area contributed by atoms with Crippen LogP contribution in [0.2, 0.25) is 0 Å². The van der Waals surface area contributed by atoms with Crippen LogP contribution in [0.15, 0.2) is 158 Å². The molecular weight excluding hydrogens is 709 g/mol. The molecule has 6 heteroatoms. The number of aromatic nitrogens is 3. The zero-order valence-electron chi connectivity index (χ0n) is 31.7. The molecule has 0 fully saturated rings. The fraction of sp³-hybridized carbons (Fsp3) is 0.0385. The largest absolute Gasteiger partial charge is 0.309 e. The van der Waals surface area contributed by atoms with Gasteiger partial charge in [0.15, 0.2) is 5.69 Å². The molecule has 0 saturated carbocycles. The molecule has 6 nitrogen and oxygen atoms in total. The summed E-state index contributed by atoms with van der Waals surface area (Å²) in [5, 5.41) is 25.2. The Bertz CT molecular complexity index is 3450. The van der Waals surface area contributed by atoms with E-state index in [0.717, 1.165) is 99.8 Å². The van der Waals surface area contributed by atoms with Gasteiger partial charge in [-0.1, -0.05) is 91.0 Å². The monoisotopic (exact) mass is 740 g/mol. The van der Waals surface area contributed by atoms with Crippen molar-refractivity contribution in [2.75, 3.05) is 0 Å². The quantitative estimate of drug-likeness (QED) is 0.165. The molecule has 3 aromatic heterocycles. The van der Waals surface area contributed by atoms with Crippen LogP contribution in [-0.2, 0) is 0 Å². The topological polar surface area (TPSA) is 74.7 Å². The molecule has 0 aliphatic rings. The lowest BCUT2D eigenvalue weighted by molar-refractivity contribution is 1.11. The number of aryl methyl sites for hydroxylation is 2. The number of pyridine rings is 1. The average molecular weight is 741 g/mol. The Hall–Kier alpha value is -8.24. The summed E-state index contributed by atoms with van der Waals surface area (Å²) in [5.74, 6) is 0. The Morgan fingerprint density at radius 3 is 1.64 bits per heavy atom. The standard InChI is InChI=1S/C52H32N6/c1-32-22-39(23-33(2)56-32)46-29-49(57-47-16-6-4-14-42(47)44-20-18-37(26-50(44)57)35-11-8-10-34(24-35)30-53)40(31-54)28-52(46)58-48-17-7-5-15-43(48)45-21-19-38(27-51(45)58)36-12-9-13-41(25-36)55-3/h4-29H,1-2H3. The highest BCUT2D eigenvalue weighted by Crippen LogP contribution is 2.42. The van der Waals surface area contributed by atoms with Gasteiger partial charge in [-0.15, -0.1) is 0 Å². The molecule has 10 rings (SSSR count). The second kappa shape index (κ2) is 13.5. The molecule has 0 N–H and O–H groups in total. The highest BCUT2D eigenvalue weighted by atomic mass is 15.0. The lowest BCUT2D eigenvalue weighted by atomic mass is 9.98. The lowest BCUT2D eigenvalue weighted by Crippen LogP contribution is -2.04. The van der Waals surface area contributed by atoms with E-state index in [1.54, 1.807) is 0 Å². The first-order valence-corrected chi connectivity index (χ1v) is 19.0. The Morgan fingerprint density at radius 2 is 1.03 bits per heavy atom. The molecule has 3 heterocycles. The minimum Gasteiger partial charge on any atom is -0.309 e. The van der Waals surface area contributed by atoms with Gasteiger partial charge >= 0.3 is 0 Å². The van der Waals surface area contributed by atoms with Gasteiger partial charge in [0.25, 0.3) is 0 Å².